The van der Waals surface area contributed by atoms with Crippen molar-refractivity contribution in [3.05, 3.63) is 36.6 Å². The molecule has 0 N–H and O–H groups in total. The maximum atomic E-state index is 12.7. The number of unbranched alkanes of at least 4 members (excludes halogenated alkanes) is 24. The first-order valence-electron chi connectivity index (χ1n) is 22.8. The summed E-state index contributed by atoms with van der Waals surface area (Å²) in [5, 5.41) is 0. The number of ether oxygens (including phenoxy) is 2. The van der Waals surface area contributed by atoms with Gasteiger partial charge in [0.2, 0.25) is 0 Å². The van der Waals surface area contributed by atoms with Crippen LogP contribution in [-0.4, -0.2) is 64.1 Å². The lowest BCUT2D eigenvalue weighted by Gasteiger charge is -2.28. The number of allylic oxidation sites excluding steroid dienone is 5. The average molecular weight is 798 g/mol. The van der Waals surface area contributed by atoms with E-state index in [1.165, 1.54) is 141 Å². The molecule has 0 aliphatic heterocycles. The summed E-state index contributed by atoms with van der Waals surface area (Å²) in [6.07, 6.45) is 46.7. The van der Waals surface area contributed by atoms with Crippen molar-refractivity contribution in [3.8, 4) is 0 Å². The predicted octanol–water partition coefficient (Wildman–Crippen LogP) is 13.1. The van der Waals surface area contributed by atoms with Crippen LogP contribution in [0.25, 0.3) is 0 Å². The highest BCUT2D eigenvalue weighted by Crippen LogP contribution is 2.38. The van der Waals surface area contributed by atoms with Gasteiger partial charge >= 0.3 is 5.97 Å². The van der Waals surface area contributed by atoms with Crippen LogP contribution in [0.2, 0.25) is 0 Å². The second-order valence-electron chi connectivity index (χ2n) is 16.5. The van der Waals surface area contributed by atoms with Crippen LogP contribution in [-0.2, 0) is 27.9 Å². The van der Waals surface area contributed by atoms with Gasteiger partial charge in [-0.25, -0.2) is 0 Å². The van der Waals surface area contributed by atoms with Crippen LogP contribution in [0.4, 0.5) is 0 Å². The Morgan fingerprint density at radius 3 is 1.53 bits per heavy atom. The Hall–Kier alpha value is -1.44. The van der Waals surface area contributed by atoms with Gasteiger partial charge in [0.25, 0.3) is 7.82 Å². The van der Waals surface area contributed by atoms with E-state index in [-0.39, 0.29) is 25.8 Å². The smallest absolute Gasteiger partial charge is 0.306 e. The summed E-state index contributed by atoms with van der Waals surface area (Å²) in [5.41, 5.74) is 0. The monoisotopic (exact) mass is 798 g/mol. The van der Waals surface area contributed by atoms with Crippen LogP contribution in [0.1, 0.15) is 200 Å². The third kappa shape index (κ3) is 43.5. The van der Waals surface area contributed by atoms with E-state index in [0.29, 0.717) is 17.4 Å². The second kappa shape index (κ2) is 39.4. The number of carbonyl (C=O) groups excluding carboxylic acids is 1. The Balaban J connectivity index is 4.25. The minimum absolute atomic E-state index is 0.0161. The molecule has 0 aliphatic carbocycles. The van der Waals surface area contributed by atoms with Gasteiger partial charge in [-0.05, 0) is 57.4 Å². The first-order valence-corrected chi connectivity index (χ1v) is 24.2. The molecule has 0 heterocycles. The molecule has 324 valence electrons. The fraction of sp³-hybridized carbons (Fsp3) is 0.848. The van der Waals surface area contributed by atoms with E-state index < -0.39 is 13.9 Å². The zero-order chi connectivity index (χ0) is 40.6. The highest BCUT2D eigenvalue weighted by atomic mass is 31.2. The maximum absolute atomic E-state index is 12.7. The summed E-state index contributed by atoms with van der Waals surface area (Å²) in [4.78, 5) is 25.0. The molecule has 0 rings (SSSR count). The molecule has 0 aromatic carbocycles. The molecule has 0 saturated carbocycles. The van der Waals surface area contributed by atoms with E-state index in [1.807, 2.05) is 27.2 Å². The fourth-order valence-corrected chi connectivity index (χ4v) is 6.92. The third-order valence-corrected chi connectivity index (χ3v) is 10.7. The molecule has 2 atom stereocenters. The Morgan fingerprint density at radius 2 is 1.02 bits per heavy atom. The summed E-state index contributed by atoms with van der Waals surface area (Å²) >= 11 is 0. The molecule has 1 unspecified atom stereocenters. The molecule has 55 heavy (non-hydrogen) atoms. The van der Waals surface area contributed by atoms with Gasteiger partial charge in [-0.1, -0.05) is 167 Å². The number of rotatable bonds is 42. The van der Waals surface area contributed by atoms with E-state index in [4.69, 9.17) is 18.5 Å². The summed E-state index contributed by atoms with van der Waals surface area (Å²) in [5.74, 6) is -0.360. The summed E-state index contributed by atoms with van der Waals surface area (Å²) < 4.78 is 34.4. The summed E-state index contributed by atoms with van der Waals surface area (Å²) in [6, 6.07) is 0. The molecule has 0 aromatic heterocycles. The molecular weight excluding hydrogens is 709 g/mol. The Labute approximate surface area is 340 Å². The van der Waals surface area contributed by atoms with Gasteiger partial charge in [0.15, 0.2) is 6.10 Å². The number of phosphoric ester groups is 1. The van der Waals surface area contributed by atoms with Crippen LogP contribution in [0.5, 0.6) is 0 Å². The minimum Gasteiger partial charge on any atom is -0.756 e. The van der Waals surface area contributed by atoms with E-state index >= 15 is 0 Å². The van der Waals surface area contributed by atoms with Gasteiger partial charge < -0.3 is 27.9 Å². The highest BCUT2D eigenvalue weighted by Gasteiger charge is 2.20. The molecule has 0 amide bonds. The largest absolute Gasteiger partial charge is 0.756 e. The lowest BCUT2D eigenvalue weighted by atomic mass is 10.0. The van der Waals surface area contributed by atoms with E-state index in [1.54, 1.807) is 6.26 Å². The van der Waals surface area contributed by atoms with Crippen molar-refractivity contribution >= 4 is 13.8 Å². The van der Waals surface area contributed by atoms with Gasteiger partial charge in [0.1, 0.15) is 19.8 Å². The molecule has 8 nitrogen and oxygen atoms in total. The Kier molecular flexibility index (Phi) is 38.4. The minimum atomic E-state index is -4.54. The van der Waals surface area contributed by atoms with Crippen molar-refractivity contribution in [2.75, 3.05) is 47.5 Å². The van der Waals surface area contributed by atoms with E-state index in [0.717, 1.165) is 38.5 Å². The quantitative estimate of drug-likeness (QED) is 0.0152. The zero-order valence-electron chi connectivity index (χ0n) is 36.6. The molecule has 0 radical (unpaired) electrons. The molecule has 9 heteroatoms. The van der Waals surface area contributed by atoms with Crippen LogP contribution in [0, 0.1) is 0 Å². The van der Waals surface area contributed by atoms with Gasteiger partial charge in [0.05, 0.1) is 34.0 Å². The molecule has 0 spiro atoms. The Morgan fingerprint density at radius 1 is 0.582 bits per heavy atom. The Bertz CT molecular complexity index is 978. The normalized spacial score (nSPS) is 14.0. The van der Waals surface area contributed by atoms with Crippen molar-refractivity contribution in [2.45, 2.75) is 206 Å². The number of carbonyl (C=O) groups is 1. The molecule has 0 fully saturated rings. The zero-order valence-corrected chi connectivity index (χ0v) is 37.5. The number of nitrogens with zero attached hydrogens (tertiary/aromatic N) is 1. The second-order valence-corrected chi connectivity index (χ2v) is 17.9. The number of likely N-dealkylation sites (N-methyl/N-ethyl adjacent to an activating group) is 1. The SMILES string of the molecule is CCCCC/C=C\C/C=C\CCCCCCCCCCCC(=O)O[C@H](CO/C=C\CCCCCCCCCCCCCC)COP(=O)([O-])OCC[N+](C)(C)C. The number of hydrogen-bond acceptors (Lipinski definition) is 7. The number of quaternary nitrogens is 1. The molecule has 0 bridgehead atoms. The predicted molar refractivity (Wildman–Crippen MR) is 231 cm³/mol. The first kappa shape index (κ1) is 53.6. The van der Waals surface area contributed by atoms with E-state index in [2.05, 4.69) is 38.2 Å². The number of phosphoric acid groups is 1. The molecule has 0 aromatic rings. The lowest BCUT2D eigenvalue weighted by molar-refractivity contribution is -0.870. The topological polar surface area (TPSA) is 94.1 Å². The number of hydrogen-bond donors (Lipinski definition) is 0. The van der Waals surface area contributed by atoms with Gasteiger partial charge in [-0.15, -0.1) is 0 Å². The van der Waals surface area contributed by atoms with Crippen molar-refractivity contribution < 1.29 is 37.3 Å². The average Bonchev–Trinajstić information content (AvgIpc) is 3.13. The van der Waals surface area contributed by atoms with Gasteiger partial charge in [-0.2, -0.15) is 0 Å². The molecular formula is C46H88NO7P. The number of esters is 1. The van der Waals surface area contributed by atoms with Crippen LogP contribution >= 0.6 is 7.82 Å². The first-order chi connectivity index (χ1) is 26.6. The van der Waals surface area contributed by atoms with Crippen molar-refractivity contribution in [1.82, 2.24) is 0 Å². The van der Waals surface area contributed by atoms with Gasteiger partial charge in [0, 0.05) is 6.42 Å². The van der Waals surface area contributed by atoms with Crippen molar-refractivity contribution in [1.29, 1.82) is 0 Å². The van der Waals surface area contributed by atoms with E-state index in [9.17, 15) is 14.3 Å². The summed E-state index contributed by atoms with van der Waals surface area (Å²) in [6.45, 7) is 4.72. The molecule has 0 saturated heterocycles. The molecule has 0 aliphatic rings. The van der Waals surface area contributed by atoms with Crippen LogP contribution in [0.15, 0.2) is 36.6 Å². The van der Waals surface area contributed by atoms with Crippen molar-refractivity contribution in [3.63, 3.8) is 0 Å². The van der Waals surface area contributed by atoms with Crippen LogP contribution < -0.4 is 4.89 Å². The maximum Gasteiger partial charge on any atom is 0.306 e. The lowest BCUT2D eigenvalue weighted by Crippen LogP contribution is -2.37. The van der Waals surface area contributed by atoms with Crippen LogP contribution in [0.3, 0.4) is 0 Å². The fourth-order valence-electron chi connectivity index (χ4n) is 6.19. The summed E-state index contributed by atoms with van der Waals surface area (Å²) in [7, 11) is 1.32. The third-order valence-electron chi connectivity index (χ3n) is 9.76. The standard InChI is InChI=1S/C46H88NO7P/c1-6-8-10-12-14-16-18-20-22-23-24-25-26-27-29-31-33-35-37-39-46(48)54-45(44-53-55(49,50)52-42-40-47(3,4)5)43-51-41-38-36-34-32-30-28-21-19-17-15-13-11-9-7-2/h14,16,20,22,38,41,45H,6-13,15,17-19,21,23-37,39-40,42-44H2,1-5H3/b16-14-,22-20-,41-38-/t45-/m1/s1. The highest BCUT2D eigenvalue weighted by molar-refractivity contribution is 7.45. The van der Waals surface area contributed by atoms with Crippen molar-refractivity contribution in [2.24, 2.45) is 0 Å². The van der Waals surface area contributed by atoms with Gasteiger partial charge in [-0.3, -0.25) is 9.36 Å².